The van der Waals surface area contributed by atoms with E-state index in [1.54, 1.807) is 0 Å². The van der Waals surface area contributed by atoms with Crippen LogP contribution in [0.4, 0.5) is 0 Å². The van der Waals surface area contributed by atoms with E-state index >= 15 is 0 Å². The summed E-state index contributed by atoms with van der Waals surface area (Å²) in [4.78, 5) is 2.42. The molecule has 4 nitrogen and oxygen atoms in total. The molecule has 1 aromatic rings. The van der Waals surface area contributed by atoms with Gasteiger partial charge in [0.2, 0.25) is 0 Å². The third-order valence-corrected chi connectivity index (χ3v) is 3.29. The van der Waals surface area contributed by atoms with Gasteiger partial charge in [-0.05, 0) is 13.8 Å². The molecule has 2 heterocycles. The molecule has 0 spiro atoms. The van der Waals surface area contributed by atoms with Crippen LogP contribution in [0.1, 0.15) is 25.2 Å². The highest BCUT2D eigenvalue weighted by molar-refractivity contribution is 14.1. The van der Waals surface area contributed by atoms with Gasteiger partial charge in [-0.3, -0.25) is 4.90 Å². The molecule has 5 heteroatoms. The summed E-state index contributed by atoms with van der Waals surface area (Å²) in [7, 11) is 0. The Balaban J connectivity index is 2.21. The monoisotopic (exact) mass is 292 g/mol. The predicted octanol–water partition coefficient (Wildman–Crippen LogP) is 1.24. The zero-order chi connectivity index (χ0) is 9.42. The van der Waals surface area contributed by atoms with Crippen molar-refractivity contribution in [3.8, 4) is 0 Å². The Morgan fingerprint density at radius 2 is 2.23 bits per heavy atom. The first-order valence-electron chi connectivity index (χ1n) is 4.52. The van der Waals surface area contributed by atoms with E-state index in [-0.39, 0.29) is 0 Å². The number of rotatable bonds is 1. The fourth-order valence-corrected chi connectivity index (χ4v) is 2.25. The summed E-state index contributed by atoms with van der Waals surface area (Å²) in [5.41, 5.74) is 2.44. The maximum absolute atomic E-state index is 4.15. The Bertz CT molecular complexity index is 307. The summed E-state index contributed by atoms with van der Waals surface area (Å²) in [5.74, 6) is 0. The number of hydrogen-bond donors (Lipinski definition) is 0. The first kappa shape index (κ1) is 9.39. The fraction of sp³-hybridized carbons (Fsp3) is 0.750. The summed E-state index contributed by atoms with van der Waals surface area (Å²) in [5, 5.41) is 8.17. The van der Waals surface area contributed by atoms with E-state index in [9.17, 15) is 0 Å². The van der Waals surface area contributed by atoms with Gasteiger partial charge in [0.05, 0.1) is 28.6 Å². The Labute approximate surface area is 91.8 Å². The second-order valence-corrected chi connectivity index (χ2v) is 4.57. The zero-order valence-electron chi connectivity index (χ0n) is 7.87. The number of nitrogens with zero attached hydrogens (tertiary/aromatic N) is 4. The highest BCUT2D eigenvalue weighted by atomic mass is 127. The van der Waals surface area contributed by atoms with Crippen LogP contribution >= 0.6 is 22.9 Å². The van der Waals surface area contributed by atoms with Gasteiger partial charge in [0.25, 0.3) is 0 Å². The molecule has 72 valence electrons. The molecule has 13 heavy (non-hydrogen) atoms. The summed E-state index contributed by atoms with van der Waals surface area (Å²) in [6.45, 7) is 6.52. The summed E-state index contributed by atoms with van der Waals surface area (Å²) >= 11 is 2.19. The van der Waals surface area contributed by atoms with Gasteiger partial charge in [-0.1, -0.05) is 5.21 Å². The number of aromatic nitrogens is 3. The van der Waals surface area contributed by atoms with Crippen molar-refractivity contribution in [3.05, 3.63) is 11.4 Å². The predicted molar refractivity (Wildman–Crippen MR) is 58.7 cm³/mol. The molecular formula is C8H13IN4. The van der Waals surface area contributed by atoms with Crippen molar-refractivity contribution in [2.24, 2.45) is 0 Å². The van der Waals surface area contributed by atoms with Crippen LogP contribution in [-0.2, 0) is 13.0 Å². The molecule has 0 unspecified atom stereocenters. The van der Waals surface area contributed by atoms with Crippen molar-refractivity contribution in [2.45, 2.75) is 32.9 Å². The van der Waals surface area contributed by atoms with Crippen molar-refractivity contribution >= 4 is 22.9 Å². The topological polar surface area (TPSA) is 34.0 Å². The highest BCUT2D eigenvalue weighted by Gasteiger charge is 2.22. The van der Waals surface area contributed by atoms with Gasteiger partial charge in [0.15, 0.2) is 0 Å². The third kappa shape index (κ3) is 1.71. The molecular weight excluding hydrogens is 279 g/mol. The lowest BCUT2D eigenvalue weighted by molar-refractivity contribution is 0.200. The van der Waals surface area contributed by atoms with Crippen LogP contribution < -0.4 is 0 Å². The second-order valence-electron chi connectivity index (χ2n) is 3.66. The minimum Gasteiger partial charge on any atom is -0.295 e. The van der Waals surface area contributed by atoms with Gasteiger partial charge in [-0.15, -0.1) is 5.10 Å². The molecule has 0 fully saturated rings. The molecule has 0 atom stereocenters. The molecule has 0 amide bonds. The molecule has 0 saturated carbocycles. The van der Waals surface area contributed by atoms with Crippen molar-refractivity contribution in [1.29, 1.82) is 0 Å². The zero-order valence-corrected chi connectivity index (χ0v) is 10.0. The fourth-order valence-electron chi connectivity index (χ4n) is 1.63. The average Bonchev–Trinajstić information content (AvgIpc) is 2.47. The van der Waals surface area contributed by atoms with Gasteiger partial charge >= 0.3 is 0 Å². The lowest BCUT2D eigenvalue weighted by Crippen LogP contribution is -2.36. The second kappa shape index (κ2) is 3.53. The van der Waals surface area contributed by atoms with Crippen LogP contribution in [0.3, 0.4) is 0 Å². The van der Waals surface area contributed by atoms with Crippen molar-refractivity contribution < 1.29 is 0 Å². The van der Waals surface area contributed by atoms with Crippen molar-refractivity contribution in [1.82, 2.24) is 18.1 Å². The van der Waals surface area contributed by atoms with E-state index in [4.69, 9.17) is 0 Å². The summed E-state index contributed by atoms with van der Waals surface area (Å²) in [6.07, 6.45) is 1.07. The van der Waals surface area contributed by atoms with Crippen molar-refractivity contribution in [3.63, 3.8) is 0 Å². The van der Waals surface area contributed by atoms with Gasteiger partial charge in [0, 0.05) is 25.6 Å². The summed E-state index contributed by atoms with van der Waals surface area (Å²) < 4.78 is 1.87. The molecule has 0 saturated heterocycles. The van der Waals surface area contributed by atoms with E-state index in [0.29, 0.717) is 6.04 Å². The van der Waals surface area contributed by atoms with Crippen LogP contribution in [-0.4, -0.2) is 30.7 Å². The average molecular weight is 292 g/mol. The largest absolute Gasteiger partial charge is 0.295 e. The van der Waals surface area contributed by atoms with E-state index in [1.165, 1.54) is 5.69 Å². The Morgan fingerprint density at radius 1 is 1.46 bits per heavy atom. The van der Waals surface area contributed by atoms with Crippen LogP contribution in [0.25, 0.3) is 0 Å². The van der Waals surface area contributed by atoms with Crippen LogP contribution in [0, 0.1) is 0 Å². The third-order valence-electron chi connectivity index (χ3n) is 2.52. The molecule has 0 N–H and O–H groups in total. The first-order chi connectivity index (χ1) is 6.18. The Hall–Kier alpha value is -0.170. The molecule has 1 aliphatic heterocycles. The quantitative estimate of drug-likeness (QED) is 0.730. The minimum absolute atomic E-state index is 0.604. The first-order valence-corrected chi connectivity index (χ1v) is 5.48. The number of halogens is 1. The minimum atomic E-state index is 0.604. The summed E-state index contributed by atoms with van der Waals surface area (Å²) in [6, 6.07) is 0.604. The lowest BCUT2D eigenvalue weighted by Gasteiger charge is -2.29. The van der Waals surface area contributed by atoms with Gasteiger partial charge in [-0.2, -0.15) is 2.90 Å². The van der Waals surface area contributed by atoms with Crippen LogP contribution in [0.5, 0.6) is 0 Å². The lowest BCUT2D eigenvalue weighted by atomic mass is 10.1. The van der Waals surface area contributed by atoms with Crippen LogP contribution in [0.2, 0.25) is 0 Å². The van der Waals surface area contributed by atoms with Gasteiger partial charge in [-0.25, -0.2) is 0 Å². The molecule has 0 aromatic carbocycles. The van der Waals surface area contributed by atoms with E-state index in [1.807, 2.05) is 2.90 Å². The molecule has 0 aliphatic carbocycles. The SMILES string of the molecule is CC(C)N1CCc2c(nnn2I)C1. The normalized spacial score (nSPS) is 17.8. The van der Waals surface area contributed by atoms with Gasteiger partial charge < -0.3 is 0 Å². The standard InChI is InChI=1S/C8H13IN4/c1-6(2)12-4-3-8-7(5-12)10-11-13(8)9/h6H,3-5H2,1-2H3. The maximum Gasteiger partial charge on any atom is 0.101 e. The van der Waals surface area contributed by atoms with E-state index < -0.39 is 0 Å². The molecule has 0 bridgehead atoms. The Morgan fingerprint density at radius 3 is 2.92 bits per heavy atom. The molecule has 2 rings (SSSR count). The smallest absolute Gasteiger partial charge is 0.101 e. The van der Waals surface area contributed by atoms with Crippen molar-refractivity contribution in [2.75, 3.05) is 6.54 Å². The molecule has 1 aromatic heterocycles. The van der Waals surface area contributed by atoms with E-state index in [2.05, 4.69) is 51.9 Å². The van der Waals surface area contributed by atoms with E-state index in [0.717, 1.165) is 25.2 Å². The Kier molecular flexibility index (Phi) is 2.55. The molecule has 0 radical (unpaired) electrons. The van der Waals surface area contributed by atoms with Crippen LogP contribution in [0.15, 0.2) is 0 Å². The number of fused-ring (bicyclic) bond motifs is 1. The molecule has 1 aliphatic rings. The van der Waals surface area contributed by atoms with Gasteiger partial charge in [0.1, 0.15) is 5.69 Å². The number of hydrogen-bond acceptors (Lipinski definition) is 3. The highest BCUT2D eigenvalue weighted by Crippen LogP contribution is 2.19. The maximum atomic E-state index is 4.15.